The van der Waals surface area contributed by atoms with Crippen LogP contribution in [0.4, 0.5) is 0 Å². The van der Waals surface area contributed by atoms with E-state index in [0.717, 1.165) is 6.42 Å². The Morgan fingerprint density at radius 3 is 3.00 bits per heavy atom. The van der Waals surface area contributed by atoms with Gasteiger partial charge < -0.3 is 9.84 Å². The van der Waals surface area contributed by atoms with Crippen molar-refractivity contribution < 1.29 is 14.6 Å². The number of hydrogen-bond acceptors (Lipinski definition) is 4. The second-order valence-electron chi connectivity index (χ2n) is 4.15. The van der Waals surface area contributed by atoms with Crippen molar-refractivity contribution in [3.8, 4) is 5.88 Å². The second kappa shape index (κ2) is 4.95. The fourth-order valence-corrected chi connectivity index (χ4v) is 1.85. The quantitative estimate of drug-likeness (QED) is 0.802. The molecule has 0 radical (unpaired) electrons. The highest BCUT2D eigenvalue weighted by molar-refractivity contribution is 5.75. The van der Waals surface area contributed by atoms with Crippen LogP contribution < -0.4 is 4.74 Å². The molecule has 1 atom stereocenters. The van der Waals surface area contributed by atoms with Crippen LogP contribution in [0.3, 0.4) is 0 Å². The number of hydrogen-bond donors (Lipinski definition) is 1. The fourth-order valence-electron chi connectivity index (χ4n) is 1.85. The van der Waals surface area contributed by atoms with Gasteiger partial charge in [-0.1, -0.05) is 12.2 Å². The average molecular weight is 234 g/mol. The zero-order valence-corrected chi connectivity index (χ0v) is 9.37. The van der Waals surface area contributed by atoms with Crippen LogP contribution in [0.2, 0.25) is 0 Å². The van der Waals surface area contributed by atoms with Gasteiger partial charge in [-0.05, 0) is 25.3 Å². The summed E-state index contributed by atoms with van der Waals surface area (Å²) < 4.78 is 5.42. The Balaban J connectivity index is 2.04. The molecule has 0 fully saturated rings. The van der Waals surface area contributed by atoms with Crippen molar-refractivity contribution in [3.63, 3.8) is 0 Å². The summed E-state index contributed by atoms with van der Waals surface area (Å²) in [6.07, 6.45) is 7.32. The van der Waals surface area contributed by atoms with Gasteiger partial charge in [0.15, 0.2) is 0 Å². The molecule has 1 N–H and O–H groups in total. The van der Waals surface area contributed by atoms with Crippen molar-refractivity contribution in [2.75, 3.05) is 6.61 Å². The third-order valence-corrected chi connectivity index (χ3v) is 2.96. The van der Waals surface area contributed by atoms with Crippen LogP contribution >= 0.6 is 0 Å². The minimum absolute atomic E-state index is 0.130. The molecule has 0 aliphatic heterocycles. The van der Waals surface area contributed by atoms with Crippen molar-refractivity contribution in [2.24, 2.45) is 5.41 Å². The molecule has 0 aromatic carbocycles. The topological polar surface area (TPSA) is 72.3 Å². The first-order valence-electron chi connectivity index (χ1n) is 5.52. The Hall–Kier alpha value is -1.91. The first kappa shape index (κ1) is 11.6. The molecule has 2 rings (SSSR count). The first-order valence-corrected chi connectivity index (χ1v) is 5.52. The highest BCUT2D eigenvalue weighted by Gasteiger charge is 2.39. The molecule has 1 aliphatic rings. The van der Waals surface area contributed by atoms with Crippen molar-refractivity contribution in [2.45, 2.75) is 19.3 Å². The van der Waals surface area contributed by atoms with E-state index in [9.17, 15) is 9.90 Å². The molecule has 0 spiro atoms. The summed E-state index contributed by atoms with van der Waals surface area (Å²) in [4.78, 5) is 11.3. The number of carbonyl (C=O) groups is 1. The lowest BCUT2D eigenvalue weighted by Crippen LogP contribution is -2.38. The maximum absolute atomic E-state index is 11.3. The van der Waals surface area contributed by atoms with E-state index in [4.69, 9.17) is 4.74 Å². The third kappa shape index (κ3) is 2.61. The molecular formula is C12H14N2O3. The van der Waals surface area contributed by atoms with Gasteiger partial charge in [-0.15, -0.1) is 5.10 Å². The van der Waals surface area contributed by atoms with Crippen molar-refractivity contribution in [1.82, 2.24) is 10.2 Å². The van der Waals surface area contributed by atoms with Crippen molar-refractivity contribution in [3.05, 3.63) is 30.5 Å². The van der Waals surface area contributed by atoms with Gasteiger partial charge in [-0.2, -0.15) is 5.10 Å². The van der Waals surface area contributed by atoms with E-state index in [1.165, 1.54) is 0 Å². The molecule has 5 heteroatoms. The molecule has 0 saturated heterocycles. The Morgan fingerprint density at radius 1 is 1.53 bits per heavy atom. The Bertz CT molecular complexity index is 419. The summed E-state index contributed by atoms with van der Waals surface area (Å²) in [7, 11) is 0. The highest BCUT2D eigenvalue weighted by Crippen LogP contribution is 2.33. The Morgan fingerprint density at radius 2 is 2.41 bits per heavy atom. The summed E-state index contributed by atoms with van der Waals surface area (Å²) >= 11 is 0. The summed E-state index contributed by atoms with van der Waals surface area (Å²) in [5.74, 6) is -0.451. The molecule has 5 nitrogen and oxygen atoms in total. The number of ether oxygens (including phenoxy) is 1. The van der Waals surface area contributed by atoms with Crippen LogP contribution in [-0.2, 0) is 4.79 Å². The van der Waals surface area contributed by atoms with Gasteiger partial charge in [0.2, 0.25) is 5.88 Å². The number of carboxylic acids is 1. The summed E-state index contributed by atoms with van der Waals surface area (Å²) in [5, 5.41) is 16.8. The number of rotatable bonds is 4. The highest BCUT2D eigenvalue weighted by atomic mass is 16.5. The SMILES string of the molecule is O=C(O)C1(COc2cccnn2)CC=CCC1. The van der Waals surface area contributed by atoms with Crippen LogP contribution in [0.15, 0.2) is 30.5 Å². The van der Waals surface area contributed by atoms with Gasteiger partial charge in [-0.3, -0.25) is 4.79 Å². The molecule has 0 bridgehead atoms. The Kier molecular flexibility index (Phi) is 3.37. The maximum atomic E-state index is 11.3. The lowest BCUT2D eigenvalue weighted by molar-refractivity contribution is -0.151. The van der Waals surface area contributed by atoms with Gasteiger partial charge in [-0.25, -0.2) is 0 Å². The van der Waals surface area contributed by atoms with E-state index >= 15 is 0 Å². The summed E-state index contributed by atoms with van der Waals surface area (Å²) in [6.45, 7) is 0.130. The van der Waals surface area contributed by atoms with E-state index in [1.54, 1.807) is 18.3 Å². The van der Waals surface area contributed by atoms with E-state index in [2.05, 4.69) is 10.2 Å². The van der Waals surface area contributed by atoms with E-state index in [0.29, 0.717) is 18.7 Å². The van der Waals surface area contributed by atoms with Gasteiger partial charge in [0.05, 0.1) is 0 Å². The molecule has 1 unspecified atom stereocenters. The smallest absolute Gasteiger partial charge is 0.313 e. The largest absolute Gasteiger partial charge is 0.481 e. The molecule has 1 heterocycles. The molecule has 1 aliphatic carbocycles. The number of aliphatic carboxylic acids is 1. The van der Waals surface area contributed by atoms with Crippen LogP contribution in [0.25, 0.3) is 0 Å². The maximum Gasteiger partial charge on any atom is 0.313 e. The minimum Gasteiger partial charge on any atom is -0.481 e. The molecule has 1 aromatic rings. The fraction of sp³-hybridized carbons (Fsp3) is 0.417. The summed E-state index contributed by atoms with van der Waals surface area (Å²) in [6, 6.07) is 3.37. The molecule has 0 amide bonds. The average Bonchev–Trinajstić information content (AvgIpc) is 2.38. The van der Waals surface area contributed by atoms with Gasteiger partial charge >= 0.3 is 5.97 Å². The number of nitrogens with zero attached hydrogens (tertiary/aromatic N) is 2. The summed E-state index contributed by atoms with van der Waals surface area (Å²) in [5.41, 5.74) is -0.827. The predicted octanol–water partition coefficient (Wildman–Crippen LogP) is 1.67. The molecular weight excluding hydrogens is 220 g/mol. The third-order valence-electron chi connectivity index (χ3n) is 2.96. The van der Waals surface area contributed by atoms with Crippen molar-refractivity contribution in [1.29, 1.82) is 0 Å². The van der Waals surface area contributed by atoms with Crippen LogP contribution in [0, 0.1) is 5.41 Å². The standard InChI is InChI=1S/C12H14N2O3/c15-11(16)12(6-2-1-3-7-12)9-17-10-5-4-8-13-14-10/h1-2,4-5,8H,3,6-7,9H2,(H,15,16). The van der Waals surface area contributed by atoms with Crippen LogP contribution in [-0.4, -0.2) is 27.9 Å². The van der Waals surface area contributed by atoms with Crippen LogP contribution in [0.1, 0.15) is 19.3 Å². The number of carboxylic acid groups (broad SMARTS) is 1. The Labute approximate surface area is 99.1 Å². The minimum atomic E-state index is -0.827. The van der Waals surface area contributed by atoms with Gasteiger partial charge in [0.1, 0.15) is 12.0 Å². The zero-order chi connectivity index (χ0) is 12.1. The molecule has 17 heavy (non-hydrogen) atoms. The molecule has 1 aromatic heterocycles. The normalized spacial score (nSPS) is 23.3. The lowest BCUT2D eigenvalue weighted by Gasteiger charge is -2.29. The van der Waals surface area contributed by atoms with Crippen molar-refractivity contribution >= 4 is 5.97 Å². The van der Waals surface area contributed by atoms with E-state index in [-0.39, 0.29) is 6.61 Å². The van der Waals surface area contributed by atoms with Gasteiger partial charge in [0, 0.05) is 12.3 Å². The van der Waals surface area contributed by atoms with E-state index < -0.39 is 11.4 Å². The lowest BCUT2D eigenvalue weighted by atomic mass is 9.78. The predicted molar refractivity (Wildman–Crippen MR) is 60.6 cm³/mol. The number of allylic oxidation sites excluding steroid dienone is 2. The first-order chi connectivity index (χ1) is 8.23. The number of aromatic nitrogens is 2. The van der Waals surface area contributed by atoms with Crippen LogP contribution in [0.5, 0.6) is 5.88 Å². The van der Waals surface area contributed by atoms with Gasteiger partial charge in [0.25, 0.3) is 0 Å². The zero-order valence-electron chi connectivity index (χ0n) is 9.37. The monoisotopic (exact) mass is 234 g/mol. The molecule has 90 valence electrons. The second-order valence-corrected chi connectivity index (χ2v) is 4.15. The molecule has 0 saturated carbocycles. The van der Waals surface area contributed by atoms with E-state index in [1.807, 2.05) is 12.2 Å².